The van der Waals surface area contributed by atoms with Crippen LogP contribution < -0.4 is 10.2 Å². The Morgan fingerprint density at radius 3 is 2.68 bits per heavy atom. The van der Waals surface area contributed by atoms with E-state index < -0.39 is 0 Å². The zero-order valence-electron chi connectivity index (χ0n) is 17.3. The van der Waals surface area contributed by atoms with Crippen LogP contribution in [-0.2, 0) is 16.1 Å². The molecule has 8 heteroatoms. The highest BCUT2D eigenvalue weighted by molar-refractivity contribution is 5.91. The van der Waals surface area contributed by atoms with Gasteiger partial charge < -0.3 is 23.8 Å². The van der Waals surface area contributed by atoms with E-state index in [0.29, 0.717) is 44.2 Å². The second-order valence-electron chi connectivity index (χ2n) is 6.96. The maximum Gasteiger partial charge on any atom is 0.221 e. The lowest BCUT2D eigenvalue weighted by atomic mass is 10.2. The molecule has 3 aromatic heterocycles. The van der Waals surface area contributed by atoms with Crippen LogP contribution in [0.25, 0.3) is 22.5 Å². The number of para-hydroxylation sites is 1. The molecule has 0 fully saturated rings. The molecule has 8 nitrogen and oxygen atoms in total. The summed E-state index contributed by atoms with van der Waals surface area (Å²) in [6, 6.07) is 15.2. The fraction of sp³-hybridized carbons (Fsp3) is 0.261. The Morgan fingerprint density at radius 2 is 1.90 bits per heavy atom. The SMILES string of the molecule is COCCNC(=O)CCN(Cc1ccco1)c1nc(-c2ccco2)nc2ccccc12. The Morgan fingerprint density at radius 1 is 1.06 bits per heavy atom. The molecule has 0 atom stereocenters. The molecule has 0 unspecified atom stereocenters. The Labute approximate surface area is 179 Å². The van der Waals surface area contributed by atoms with E-state index >= 15 is 0 Å². The number of nitrogens with one attached hydrogen (secondary N) is 1. The third-order valence-corrected chi connectivity index (χ3v) is 4.79. The lowest BCUT2D eigenvalue weighted by Gasteiger charge is -2.24. The van der Waals surface area contributed by atoms with Gasteiger partial charge in [0.1, 0.15) is 11.6 Å². The summed E-state index contributed by atoms with van der Waals surface area (Å²) in [5, 5.41) is 3.75. The van der Waals surface area contributed by atoms with Gasteiger partial charge in [-0.1, -0.05) is 12.1 Å². The molecule has 0 spiro atoms. The van der Waals surface area contributed by atoms with Crippen molar-refractivity contribution in [1.82, 2.24) is 15.3 Å². The van der Waals surface area contributed by atoms with Crippen molar-refractivity contribution < 1.29 is 18.4 Å². The minimum Gasteiger partial charge on any atom is -0.467 e. The van der Waals surface area contributed by atoms with Gasteiger partial charge in [-0.3, -0.25) is 4.79 Å². The average Bonchev–Trinajstić information content (AvgIpc) is 3.50. The molecule has 3 heterocycles. The molecule has 0 bridgehead atoms. The third-order valence-electron chi connectivity index (χ3n) is 4.79. The summed E-state index contributed by atoms with van der Waals surface area (Å²) in [7, 11) is 1.61. The van der Waals surface area contributed by atoms with E-state index in [2.05, 4.69) is 10.3 Å². The second kappa shape index (κ2) is 9.90. The zero-order valence-corrected chi connectivity index (χ0v) is 17.3. The smallest absolute Gasteiger partial charge is 0.221 e. The van der Waals surface area contributed by atoms with E-state index in [1.807, 2.05) is 47.4 Å². The molecule has 1 amide bonds. The molecule has 0 aliphatic carbocycles. The van der Waals surface area contributed by atoms with E-state index in [4.69, 9.17) is 18.6 Å². The van der Waals surface area contributed by atoms with Gasteiger partial charge in [-0.05, 0) is 36.4 Å². The standard InChI is InChI=1S/C23H24N4O4/c1-29-15-11-24-21(28)10-12-27(16-17-6-4-13-30-17)23-18-7-2-3-8-19(18)25-22(26-23)20-9-5-14-31-20/h2-9,13-14H,10-12,15-16H2,1H3,(H,24,28). The van der Waals surface area contributed by atoms with Gasteiger partial charge in [-0.2, -0.15) is 0 Å². The molecular formula is C23H24N4O4. The number of nitrogens with zero attached hydrogens (tertiary/aromatic N) is 3. The molecule has 4 rings (SSSR count). The van der Waals surface area contributed by atoms with Crippen LogP contribution in [0.3, 0.4) is 0 Å². The highest BCUT2D eigenvalue weighted by Gasteiger charge is 2.19. The molecule has 0 saturated carbocycles. The molecule has 1 aromatic carbocycles. The Hall–Kier alpha value is -3.65. The van der Waals surface area contributed by atoms with Crippen LogP contribution in [0.1, 0.15) is 12.2 Å². The van der Waals surface area contributed by atoms with Crippen molar-refractivity contribution in [2.45, 2.75) is 13.0 Å². The molecule has 31 heavy (non-hydrogen) atoms. The Balaban J connectivity index is 1.67. The van der Waals surface area contributed by atoms with Crippen molar-refractivity contribution in [3.63, 3.8) is 0 Å². The number of amides is 1. The van der Waals surface area contributed by atoms with Gasteiger partial charge in [0.05, 0.1) is 31.2 Å². The number of anilines is 1. The molecular weight excluding hydrogens is 396 g/mol. The van der Waals surface area contributed by atoms with Crippen LogP contribution in [0.4, 0.5) is 5.82 Å². The fourth-order valence-electron chi connectivity index (χ4n) is 3.28. The normalized spacial score (nSPS) is 11.0. The number of benzene rings is 1. The van der Waals surface area contributed by atoms with Crippen molar-refractivity contribution in [1.29, 1.82) is 0 Å². The van der Waals surface area contributed by atoms with Crippen LogP contribution in [-0.4, -0.2) is 42.7 Å². The Bertz CT molecular complexity index is 1110. The molecule has 0 aliphatic heterocycles. The number of ether oxygens (including phenoxy) is 1. The van der Waals surface area contributed by atoms with Gasteiger partial charge >= 0.3 is 0 Å². The van der Waals surface area contributed by atoms with E-state index in [-0.39, 0.29) is 5.91 Å². The predicted octanol–water partition coefficient (Wildman–Crippen LogP) is 3.64. The number of hydrogen-bond acceptors (Lipinski definition) is 7. The van der Waals surface area contributed by atoms with E-state index in [9.17, 15) is 4.79 Å². The average molecular weight is 420 g/mol. The lowest BCUT2D eigenvalue weighted by Crippen LogP contribution is -2.32. The molecule has 1 N–H and O–H groups in total. The summed E-state index contributed by atoms with van der Waals surface area (Å²) in [5.74, 6) is 2.53. The second-order valence-corrected chi connectivity index (χ2v) is 6.96. The predicted molar refractivity (Wildman–Crippen MR) is 117 cm³/mol. The minimum absolute atomic E-state index is 0.0499. The summed E-state index contributed by atoms with van der Waals surface area (Å²) in [6.07, 6.45) is 3.54. The summed E-state index contributed by atoms with van der Waals surface area (Å²) in [4.78, 5) is 23.8. The fourth-order valence-corrected chi connectivity index (χ4v) is 3.28. The van der Waals surface area contributed by atoms with Crippen molar-refractivity contribution in [3.05, 3.63) is 66.8 Å². The molecule has 4 aromatic rings. The van der Waals surface area contributed by atoms with Crippen LogP contribution in [0.5, 0.6) is 0 Å². The van der Waals surface area contributed by atoms with Gasteiger partial charge in [0.15, 0.2) is 11.6 Å². The minimum atomic E-state index is -0.0499. The topological polar surface area (TPSA) is 93.6 Å². The highest BCUT2D eigenvalue weighted by Crippen LogP contribution is 2.29. The summed E-state index contributed by atoms with van der Waals surface area (Å²) in [6.45, 7) is 1.88. The first kappa shape index (κ1) is 20.6. The number of carbonyl (C=O) groups excluding carboxylic acids is 1. The lowest BCUT2D eigenvalue weighted by molar-refractivity contribution is -0.121. The van der Waals surface area contributed by atoms with Crippen LogP contribution in [0, 0.1) is 0 Å². The summed E-state index contributed by atoms with van der Waals surface area (Å²) < 4.78 is 16.1. The number of carbonyl (C=O) groups is 1. The van der Waals surface area contributed by atoms with E-state index in [1.165, 1.54) is 0 Å². The largest absolute Gasteiger partial charge is 0.467 e. The first-order valence-electron chi connectivity index (χ1n) is 10.1. The number of methoxy groups -OCH3 is 1. The first-order chi connectivity index (χ1) is 15.2. The number of rotatable bonds is 10. The maximum atomic E-state index is 12.3. The number of hydrogen-bond donors (Lipinski definition) is 1. The quantitative estimate of drug-likeness (QED) is 0.392. The summed E-state index contributed by atoms with van der Waals surface area (Å²) >= 11 is 0. The van der Waals surface area contributed by atoms with Crippen LogP contribution in [0.15, 0.2) is 69.9 Å². The van der Waals surface area contributed by atoms with Crippen molar-refractivity contribution in [3.8, 4) is 11.6 Å². The number of fused-ring (bicyclic) bond motifs is 1. The van der Waals surface area contributed by atoms with Gasteiger partial charge in [-0.15, -0.1) is 0 Å². The van der Waals surface area contributed by atoms with Gasteiger partial charge in [0, 0.05) is 32.0 Å². The molecule has 0 saturated heterocycles. The van der Waals surface area contributed by atoms with Crippen molar-refractivity contribution in [2.75, 3.05) is 31.7 Å². The van der Waals surface area contributed by atoms with Gasteiger partial charge in [0.2, 0.25) is 5.91 Å². The Kier molecular flexibility index (Phi) is 6.59. The third kappa shape index (κ3) is 5.10. The number of aromatic nitrogens is 2. The molecule has 0 radical (unpaired) electrons. The zero-order chi connectivity index (χ0) is 21.5. The molecule has 0 aliphatic rings. The summed E-state index contributed by atoms with van der Waals surface area (Å²) in [5.41, 5.74) is 0.799. The number of furan rings is 2. The van der Waals surface area contributed by atoms with E-state index in [0.717, 1.165) is 22.5 Å². The van der Waals surface area contributed by atoms with Crippen molar-refractivity contribution in [2.24, 2.45) is 0 Å². The van der Waals surface area contributed by atoms with E-state index in [1.54, 1.807) is 25.7 Å². The van der Waals surface area contributed by atoms with Crippen molar-refractivity contribution >= 4 is 22.6 Å². The monoisotopic (exact) mass is 420 g/mol. The maximum absolute atomic E-state index is 12.3. The first-order valence-corrected chi connectivity index (χ1v) is 10.1. The molecule has 160 valence electrons. The van der Waals surface area contributed by atoms with Crippen LogP contribution in [0.2, 0.25) is 0 Å². The van der Waals surface area contributed by atoms with Gasteiger partial charge in [-0.25, -0.2) is 9.97 Å². The van der Waals surface area contributed by atoms with Crippen LogP contribution >= 0.6 is 0 Å². The van der Waals surface area contributed by atoms with Gasteiger partial charge in [0.25, 0.3) is 0 Å². The highest BCUT2D eigenvalue weighted by atomic mass is 16.5.